The number of rotatable bonds is 4. The molecule has 4 heteroatoms. The number of halogens is 2. The Kier molecular flexibility index (Phi) is 4.86. The molecule has 0 unspecified atom stereocenters. The van der Waals surface area contributed by atoms with Crippen LogP contribution in [0.25, 0.3) is 0 Å². The molecule has 100 valence electrons. The van der Waals surface area contributed by atoms with Gasteiger partial charge in [-0.05, 0) is 46.6 Å². The Morgan fingerprint density at radius 1 is 1.26 bits per heavy atom. The lowest BCUT2D eigenvalue weighted by atomic mass is 10.1. The first-order chi connectivity index (χ1) is 9.08. The molecule has 2 aromatic carbocycles. The van der Waals surface area contributed by atoms with Crippen molar-refractivity contribution in [2.24, 2.45) is 5.73 Å². The first-order valence-corrected chi connectivity index (χ1v) is 7.16. The molecule has 0 spiro atoms. The molecule has 0 aliphatic heterocycles. The van der Waals surface area contributed by atoms with Gasteiger partial charge in [0.05, 0.1) is 4.47 Å². The Morgan fingerprint density at radius 2 is 2.00 bits per heavy atom. The van der Waals surface area contributed by atoms with Crippen molar-refractivity contribution in [3.63, 3.8) is 0 Å². The van der Waals surface area contributed by atoms with Gasteiger partial charge >= 0.3 is 0 Å². The molecule has 2 aromatic rings. The molecule has 0 aliphatic carbocycles. The Hall–Kier alpha value is -1.03. The molecular weight excluding hydrogens is 326 g/mol. The minimum Gasteiger partial charge on any atom is -0.488 e. The van der Waals surface area contributed by atoms with Crippen molar-refractivity contribution in [2.75, 3.05) is 0 Å². The Morgan fingerprint density at radius 3 is 2.63 bits per heavy atom. The van der Waals surface area contributed by atoms with Gasteiger partial charge in [0, 0.05) is 16.6 Å². The summed E-state index contributed by atoms with van der Waals surface area (Å²) in [4.78, 5) is 0. The van der Waals surface area contributed by atoms with Gasteiger partial charge in [-0.1, -0.05) is 35.9 Å². The second kappa shape index (κ2) is 6.42. The van der Waals surface area contributed by atoms with Crippen molar-refractivity contribution in [3.05, 3.63) is 63.1 Å². The standard InChI is InChI=1S/C15H15BrClNO/c1-10(18)11-6-7-15(13(16)8-11)19-9-12-4-2-3-5-14(12)17/h2-8,10H,9,18H2,1H3/t10-/m1/s1. The molecule has 0 heterocycles. The van der Waals surface area contributed by atoms with Crippen LogP contribution in [0.3, 0.4) is 0 Å². The zero-order valence-electron chi connectivity index (χ0n) is 10.6. The van der Waals surface area contributed by atoms with Gasteiger partial charge in [-0.3, -0.25) is 0 Å². The van der Waals surface area contributed by atoms with Gasteiger partial charge in [0.15, 0.2) is 0 Å². The van der Waals surface area contributed by atoms with Crippen LogP contribution in [0.15, 0.2) is 46.9 Å². The third kappa shape index (κ3) is 3.72. The van der Waals surface area contributed by atoms with Crippen molar-refractivity contribution in [3.8, 4) is 5.75 Å². The average molecular weight is 341 g/mol. The second-order valence-electron chi connectivity index (χ2n) is 4.36. The maximum absolute atomic E-state index is 6.09. The molecule has 0 fully saturated rings. The fourth-order valence-electron chi connectivity index (χ4n) is 1.69. The summed E-state index contributed by atoms with van der Waals surface area (Å²) in [7, 11) is 0. The summed E-state index contributed by atoms with van der Waals surface area (Å²) in [6, 6.07) is 13.5. The number of nitrogens with two attached hydrogens (primary N) is 1. The van der Waals surface area contributed by atoms with E-state index in [1.165, 1.54) is 0 Å². The molecule has 0 aromatic heterocycles. The quantitative estimate of drug-likeness (QED) is 0.875. The fourth-order valence-corrected chi connectivity index (χ4v) is 2.39. The summed E-state index contributed by atoms with van der Waals surface area (Å²) in [5, 5.41) is 0.714. The van der Waals surface area contributed by atoms with Gasteiger partial charge in [0.25, 0.3) is 0 Å². The minimum atomic E-state index is 0.00826. The molecule has 0 amide bonds. The van der Waals surface area contributed by atoms with E-state index in [9.17, 15) is 0 Å². The number of ether oxygens (including phenoxy) is 1. The van der Waals surface area contributed by atoms with Crippen molar-refractivity contribution in [2.45, 2.75) is 19.6 Å². The summed E-state index contributed by atoms with van der Waals surface area (Å²) >= 11 is 9.58. The van der Waals surface area contributed by atoms with Gasteiger partial charge in [0.2, 0.25) is 0 Å². The summed E-state index contributed by atoms with van der Waals surface area (Å²) in [5.74, 6) is 0.782. The molecule has 0 bridgehead atoms. The Balaban J connectivity index is 2.10. The maximum Gasteiger partial charge on any atom is 0.134 e. The van der Waals surface area contributed by atoms with Crippen molar-refractivity contribution in [1.82, 2.24) is 0 Å². The van der Waals surface area contributed by atoms with Crippen LogP contribution in [0.2, 0.25) is 5.02 Å². The van der Waals surface area contributed by atoms with E-state index in [-0.39, 0.29) is 6.04 Å². The molecule has 0 aliphatic rings. The van der Waals surface area contributed by atoms with Crippen LogP contribution in [0.1, 0.15) is 24.1 Å². The third-order valence-corrected chi connectivity index (χ3v) is 3.81. The summed E-state index contributed by atoms with van der Waals surface area (Å²) in [5.41, 5.74) is 7.87. The highest BCUT2D eigenvalue weighted by Gasteiger charge is 2.06. The van der Waals surface area contributed by atoms with E-state index in [4.69, 9.17) is 22.1 Å². The minimum absolute atomic E-state index is 0.00826. The van der Waals surface area contributed by atoms with E-state index in [1.807, 2.05) is 49.4 Å². The van der Waals surface area contributed by atoms with Crippen LogP contribution in [0, 0.1) is 0 Å². The molecule has 2 rings (SSSR count). The first-order valence-electron chi connectivity index (χ1n) is 5.99. The number of benzene rings is 2. The maximum atomic E-state index is 6.09. The first kappa shape index (κ1) is 14.4. The highest BCUT2D eigenvalue weighted by atomic mass is 79.9. The molecule has 0 radical (unpaired) electrons. The van der Waals surface area contributed by atoms with E-state index in [0.717, 1.165) is 21.3 Å². The summed E-state index contributed by atoms with van der Waals surface area (Å²) in [6.45, 7) is 2.39. The summed E-state index contributed by atoms with van der Waals surface area (Å²) < 4.78 is 6.66. The third-order valence-electron chi connectivity index (χ3n) is 2.82. The van der Waals surface area contributed by atoms with Gasteiger partial charge in [0.1, 0.15) is 12.4 Å². The van der Waals surface area contributed by atoms with Crippen LogP contribution < -0.4 is 10.5 Å². The largest absolute Gasteiger partial charge is 0.488 e. The molecule has 0 saturated heterocycles. The topological polar surface area (TPSA) is 35.2 Å². The van der Waals surface area contributed by atoms with Crippen LogP contribution >= 0.6 is 27.5 Å². The molecule has 1 atom stereocenters. The van der Waals surface area contributed by atoms with Crippen LogP contribution in [0.5, 0.6) is 5.75 Å². The van der Waals surface area contributed by atoms with E-state index in [2.05, 4.69) is 15.9 Å². The molecule has 2 N–H and O–H groups in total. The second-order valence-corrected chi connectivity index (χ2v) is 5.62. The van der Waals surface area contributed by atoms with Crippen LogP contribution in [-0.2, 0) is 6.61 Å². The molecule has 0 saturated carbocycles. The van der Waals surface area contributed by atoms with E-state index < -0.39 is 0 Å². The van der Waals surface area contributed by atoms with Crippen molar-refractivity contribution in [1.29, 1.82) is 0 Å². The Labute approximate surface area is 126 Å². The van der Waals surface area contributed by atoms with Crippen LogP contribution in [0.4, 0.5) is 0 Å². The van der Waals surface area contributed by atoms with Gasteiger partial charge in [-0.25, -0.2) is 0 Å². The lowest BCUT2D eigenvalue weighted by molar-refractivity contribution is 0.304. The summed E-state index contributed by atoms with van der Waals surface area (Å²) in [6.07, 6.45) is 0. The normalized spacial score (nSPS) is 12.2. The van der Waals surface area contributed by atoms with Gasteiger partial charge < -0.3 is 10.5 Å². The molecule has 2 nitrogen and oxygen atoms in total. The predicted octanol–water partition coefficient (Wildman–Crippen LogP) is 4.70. The van der Waals surface area contributed by atoms with Gasteiger partial charge in [-0.15, -0.1) is 0 Å². The van der Waals surface area contributed by atoms with Gasteiger partial charge in [-0.2, -0.15) is 0 Å². The van der Waals surface area contributed by atoms with Crippen molar-refractivity contribution < 1.29 is 4.74 Å². The lowest BCUT2D eigenvalue weighted by Crippen LogP contribution is -2.05. The zero-order valence-corrected chi connectivity index (χ0v) is 12.9. The highest BCUT2D eigenvalue weighted by molar-refractivity contribution is 9.10. The number of hydrogen-bond acceptors (Lipinski definition) is 2. The molecular formula is C15H15BrClNO. The number of hydrogen-bond donors (Lipinski definition) is 1. The van der Waals surface area contributed by atoms with Crippen molar-refractivity contribution >= 4 is 27.5 Å². The highest BCUT2D eigenvalue weighted by Crippen LogP contribution is 2.29. The fraction of sp³-hybridized carbons (Fsp3) is 0.200. The van der Waals surface area contributed by atoms with E-state index in [0.29, 0.717) is 11.6 Å². The Bertz CT molecular complexity index is 572. The average Bonchev–Trinajstić information content (AvgIpc) is 2.39. The SMILES string of the molecule is C[C@@H](N)c1ccc(OCc2ccccc2Cl)c(Br)c1. The van der Waals surface area contributed by atoms with E-state index >= 15 is 0 Å². The van der Waals surface area contributed by atoms with Crippen LogP contribution in [-0.4, -0.2) is 0 Å². The molecule has 19 heavy (non-hydrogen) atoms. The monoisotopic (exact) mass is 339 g/mol. The lowest BCUT2D eigenvalue weighted by Gasteiger charge is -2.12. The zero-order chi connectivity index (χ0) is 13.8. The predicted molar refractivity (Wildman–Crippen MR) is 82.5 cm³/mol. The smallest absolute Gasteiger partial charge is 0.134 e. The van der Waals surface area contributed by atoms with E-state index in [1.54, 1.807) is 0 Å².